The Kier molecular flexibility index (Phi) is 4.03. The van der Waals surface area contributed by atoms with Crippen LogP contribution in [-0.2, 0) is 16.1 Å². The highest BCUT2D eigenvalue weighted by molar-refractivity contribution is 5.68. The van der Waals surface area contributed by atoms with E-state index in [9.17, 15) is 26.7 Å². The topological polar surface area (TPSA) is 26.3 Å². The molecule has 0 saturated carbocycles. The van der Waals surface area contributed by atoms with Crippen LogP contribution in [0.3, 0.4) is 0 Å². The molecule has 0 aliphatic rings. The van der Waals surface area contributed by atoms with Crippen molar-refractivity contribution in [1.29, 1.82) is 0 Å². The van der Waals surface area contributed by atoms with E-state index < -0.39 is 47.2 Å². The molecule has 1 aromatic carbocycles. The fourth-order valence-corrected chi connectivity index (χ4v) is 1.03. The zero-order chi connectivity index (χ0) is 13.2. The van der Waals surface area contributed by atoms with Crippen molar-refractivity contribution in [3.63, 3.8) is 0 Å². The highest BCUT2D eigenvalue weighted by Gasteiger charge is 2.26. The van der Waals surface area contributed by atoms with Gasteiger partial charge < -0.3 is 4.74 Å². The lowest BCUT2D eigenvalue weighted by molar-refractivity contribution is -0.144. The van der Waals surface area contributed by atoms with Crippen LogP contribution in [0.5, 0.6) is 0 Å². The minimum Gasteiger partial charge on any atom is -0.461 e. The molecule has 17 heavy (non-hydrogen) atoms. The number of carbonyl (C=O) groups is 1. The summed E-state index contributed by atoms with van der Waals surface area (Å²) < 4.78 is 68.4. The molecule has 0 aliphatic carbocycles. The summed E-state index contributed by atoms with van der Waals surface area (Å²) >= 11 is 0. The van der Waals surface area contributed by atoms with Crippen LogP contribution in [0.2, 0.25) is 0 Å². The van der Waals surface area contributed by atoms with Crippen LogP contribution in [0.15, 0.2) is 0 Å². The molecule has 0 radical (unpaired) electrons. The normalized spacial score (nSPS) is 10.5. The Morgan fingerprint density at radius 2 is 1.35 bits per heavy atom. The Labute approximate surface area is 93.0 Å². The summed E-state index contributed by atoms with van der Waals surface area (Å²) in [6.07, 6.45) is -0.0740. The third-order valence-corrected chi connectivity index (χ3v) is 1.97. The molecule has 0 heterocycles. The molecular formula is C10H7F5O2. The van der Waals surface area contributed by atoms with E-state index in [-0.39, 0.29) is 6.42 Å². The zero-order valence-corrected chi connectivity index (χ0v) is 8.62. The van der Waals surface area contributed by atoms with Crippen LogP contribution < -0.4 is 0 Å². The number of halogens is 5. The summed E-state index contributed by atoms with van der Waals surface area (Å²) in [4.78, 5) is 10.7. The molecule has 0 N–H and O–H groups in total. The Morgan fingerprint density at radius 3 is 1.76 bits per heavy atom. The molecule has 0 fully saturated rings. The van der Waals surface area contributed by atoms with Gasteiger partial charge >= 0.3 is 5.97 Å². The van der Waals surface area contributed by atoms with E-state index >= 15 is 0 Å². The minimum atomic E-state index is -2.24. The van der Waals surface area contributed by atoms with Gasteiger partial charge in [0.2, 0.25) is 5.82 Å². The maximum Gasteiger partial charge on any atom is 0.305 e. The van der Waals surface area contributed by atoms with E-state index in [0.29, 0.717) is 0 Å². The Morgan fingerprint density at radius 1 is 0.941 bits per heavy atom. The zero-order valence-electron chi connectivity index (χ0n) is 8.62. The predicted molar refractivity (Wildman–Crippen MR) is 46.3 cm³/mol. The van der Waals surface area contributed by atoms with Crippen molar-refractivity contribution < 1.29 is 31.5 Å². The lowest BCUT2D eigenvalue weighted by Crippen LogP contribution is -2.11. The molecule has 0 aromatic heterocycles. The molecule has 2 nitrogen and oxygen atoms in total. The van der Waals surface area contributed by atoms with Gasteiger partial charge in [-0.3, -0.25) is 4.79 Å². The first-order valence-electron chi connectivity index (χ1n) is 4.56. The highest BCUT2D eigenvalue weighted by Crippen LogP contribution is 2.23. The molecule has 1 aromatic rings. The lowest BCUT2D eigenvalue weighted by Gasteiger charge is -2.08. The summed E-state index contributed by atoms with van der Waals surface area (Å²) in [6, 6.07) is 0. The number of rotatable bonds is 3. The standard InChI is InChI=1S/C10H7F5O2/c1-2-5(16)17-3-4-6(11)8(13)10(15)9(14)7(4)12/h2-3H2,1H3. The monoisotopic (exact) mass is 254 g/mol. The van der Waals surface area contributed by atoms with Gasteiger partial charge in [-0.25, -0.2) is 22.0 Å². The van der Waals surface area contributed by atoms with Crippen molar-refractivity contribution >= 4 is 5.97 Å². The molecule has 0 saturated heterocycles. The maximum absolute atomic E-state index is 13.0. The molecule has 0 atom stereocenters. The van der Waals surface area contributed by atoms with E-state index in [1.54, 1.807) is 0 Å². The van der Waals surface area contributed by atoms with Gasteiger partial charge in [-0.1, -0.05) is 6.92 Å². The van der Waals surface area contributed by atoms with Crippen LogP contribution in [-0.4, -0.2) is 5.97 Å². The quantitative estimate of drug-likeness (QED) is 0.359. The van der Waals surface area contributed by atoms with Gasteiger partial charge in [0.25, 0.3) is 0 Å². The van der Waals surface area contributed by atoms with Crippen molar-refractivity contribution in [3.8, 4) is 0 Å². The first-order valence-corrected chi connectivity index (χ1v) is 4.56. The fourth-order valence-electron chi connectivity index (χ4n) is 1.03. The summed E-state index contributed by atoms with van der Waals surface area (Å²) in [5, 5.41) is 0. The van der Waals surface area contributed by atoms with E-state index in [4.69, 9.17) is 0 Å². The van der Waals surface area contributed by atoms with Gasteiger partial charge in [-0.2, -0.15) is 0 Å². The van der Waals surface area contributed by atoms with Crippen LogP contribution in [0.25, 0.3) is 0 Å². The summed E-state index contributed by atoms with van der Waals surface area (Å²) in [7, 11) is 0. The number of carbonyl (C=O) groups excluding carboxylic acids is 1. The largest absolute Gasteiger partial charge is 0.461 e. The molecule has 0 bridgehead atoms. The highest BCUT2D eigenvalue weighted by atomic mass is 19.2. The van der Waals surface area contributed by atoms with Crippen LogP contribution in [0.4, 0.5) is 22.0 Å². The van der Waals surface area contributed by atoms with Gasteiger partial charge in [0, 0.05) is 6.42 Å². The van der Waals surface area contributed by atoms with Gasteiger partial charge in [-0.05, 0) is 0 Å². The summed E-state index contributed by atoms with van der Waals surface area (Å²) in [5.41, 5.74) is -1.16. The number of hydrogen-bond acceptors (Lipinski definition) is 2. The van der Waals surface area contributed by atoms with Gasteiger partial charge in [-0.15, -0.1) is 0 Å². The molecule has 0 aliphatic heterocycles. The Balaban J connectivity index is 3.12. The third kappa shape index (κ3) is 2.54. The number of ether oxygens (including phenoxy) is 1. The first kappa shape index (κ1) is 13.4. The van der Waals surface area contributed by atoms with E-state index in [1.165, 1.54) is 6.92 Å². The Bertz CT molecular complexity index is 429. The SMILES string of the molecule is CCC(=O)OCc1c(F)c(F)c(F)c(F)c1F. The maximum atomic E-state index is 13.0. The number of esters is 1. The molecule has 0 spiro atoms. The molecule has 94 valence electrons. The van der Waals surface area contributed by atoms with Crippen molar-refractivity contribution in [3.05, 3.63) is 34.6 Å². The van der Waals surface area contributed by atoms with Crippen molar-refractivity contribution in [2.24, 2.45) is 0 Å². The van der Waals surface area contributed by atoms with Crippen LogP contribution >= 0.6 is 0 Å². The average molecular weight is 254 g/mol. The van der Waals surface area contributed by atoms with E-state index in [1.807, 2.05) is 0 Å². The molecule has 1 rings (SSSR count). The van der Waals surface area contributed by atoms with E-state index in [0.717, 1.165) is 0 Å². The smallest absolute Gasteiger partial charge is 0.305 e. The second-order valence-electron chi connectivity index (χ2n) is 3.06. The molecule has 0 amide bonds. The predicted octanol–water partition coefficient (Wildman–Crippen LogP) is 2.84. The number of hydrogen-bond donors (Lipinski definition) is 0. The third-order valence-electron chi connectivity index (χ3n) is 1.97. The Hall–Kier alpha value is -1.66. The van der Waals surface area contributed by atoms with Crippen molar-refractivity contribution in [2.45, 2.75) is 20.0 Å². The van der Waals surface area contributed by atoms with Gasteiger partial charge in [0.15, 0.2) is 23.3 Å². The lowest BCUT2D eigenvalue weighted by atomic mass is 10.2. The minimum absolute atomic E-state index is 0.0740. The second kappa shape index (κ2) is 5.11. The summed E-state index contributed by atoms with van der Waals surface area (Å²) in [6.45, 7) is 0.416. The van der Waals surface area contributed by atoms with E-state index in [2.05, 4.69) is 4.74 Å². The average Bonchev–Trinajstić information content (AvgIpc) is 2.33. The second-order valence-corrected chi connectivity index (χ2v) is 3.06. The first-order chi connectivity index (χ1) is 7.90. The molecule has 7 heteroatoms. The van der Waals surface area contributed by atoms with Crippen molar-refractivity contribution in [1.82, 2.24) is 0 Å². The van der Waals surface area contributed by atoms with Crippen LogP contribution in [0.1, 0.15) is 18.9 Å². The number of benzene rings is 1. The molecule has 0 unspecified atom stereocenters. The summed E-state index contributed by atoms with van der Waals surface area (Å²) in [5.74, 6) is -11.2. The van der Waals surface area contributed by atoms with Gasteiger partial charge in [0.05, 0.1) is 5.56 Å². The van der Waals surface area contributed by atoms with Crippen LogP contribution in [0, 0.1) is 29.1 Å². The fraction of sp³-hybridized carbons (Fsp3) is 0.300. The van der Waals surface area contributed by atoms with Gasteiger partial charge in [0.1, 0.15) is 6.61 Å². The molecular weight excluding hydrogens is 247 g/mol. The van der Waals surface area contributed by atoms with Crippen molar-refractivity contribution in [2.75, 3.05) is 0 Å².